The first kappa shape index (κ1) is 14.0. The minimum absolute atomic E-state index is 0.253. The molecule has 2 rings (SSSR count). The highest BCUT2D eigenvalue weighted by molar-refractivity contribution is 5.77. The second kappa shape index (κ2) is 6.14. The molecule has 0 aliphatic heterocycles. The van der Waals surface area contributed by atoms with Crippen molar-refractivity contribution in [1.29, 1.82) is 0 Å². The summed E-state index contributed by atoms with van der Waals surface area (Å²) in [6.45, 7) is 3.76. The summed E-state index contributed by atoms with van der Waals surface area (Å²) in [4.78, 5) is 24.2. The van der Waals surface area contributed by atoms with E-state index in [2.05, 4.69) is 5.10 Å². The number of hydrogen-bond acceptors (Lipinski definition) is 4. The Kier molecular flexibility index (Phi) is 4.30. The second-order valence-corrected chi connectivity index (χ2v) is 4.38. The van der Waals surface area contributed by atoms with E-state index in [1.807, 2.05) is 6.07 Å². The normalized spacial score (nSPS) is 11.9. The van der Waals surface area contributed by atoms with Crippen molar-refractivity contribution in [2.24, 2.45) is 0 Å². The average Bonchev–Trinajstić information content (AvgIpc) is 2.43. The Labute approximate surface area is 116 Å². The summed E-state index contributed by atoms with van der Waals surface area (Å²) in [7, 11) is 0. The Bertz CT molecular complexity index is 650. The van der Waals surface area contributed by atoms with Gasteiger partial charge in [0.15, 0.2) is 6.04 Å². The molecule has 2 aromatic rings. The van der Waals surface area contributed by atoms with E-state index < -0.39 is 12.0 Å². The monoisotopic (exact) mass is 272 g/mol. The van der Waals surface area contributed by atoms with Gasteiger partial charge in [0.05, 0.1) is 12.8 Å². The molecule has 1 aromatic heterocycles. The maximum absolute atomic E-state index is 12.2. The molecule has 0 radical (unpaired) electrons. The first-order chi connectivity index (χ1) is 9.63. The molecule has 0 aliphatic carbocycles. The van der Waals surface area contributed by atoms with E-state index in [9.17, 15) is 9.59 Å². The second-order valence-electron chi connectivity index (χ2n) is 4.38. The van der Waals surface area contributed by atoms with E-state index in [0.29, 0.717) is 5.56 Å². The maximum atomic E-state index is 12.2. The molecule has 5 nitrogen and oxygen atoms in total. The molecule has 0 bridgehead atoms. The number of ether oxygens (including phenoxy) is 1. The highest BCUT2D eigenvalue weighted by Gasteiger charge is 2.25. The third-order valence-electron chi connectivity index (χ3n) is 2.83. The summed E-state index contributed by atoms with van der Waals surface area (Å²) < 4.78 is 6.21. The van der Waals surface area contributed by atoms with Crippen LogP contribution in [-0.4, -0.2) is 22.4 Å². The lowest BCUT2D eigenvalue weighted by Gasteiger charge is -2.17. The Morgan fingerprint density at radius 2 is 2.05 bits per heavy atom. The highest BCUT2D eigenvalue weighted by Crippen LogP contribution is 2.17. The zero-order chi connectivity index (χ0) is 14.5. The standard InChI is InChI=1S/C15H16N2O3/c1-3-20-15(19)14(12-7-5-4-6-8-12)17-13(18)9-11(2)10-16-17/h4-10,14H,3H2,1-2H3. The zero-order valence-corrected chi connectivity index (χ0v) is 11.4. The van der Waals surface area contributed by atoms with Crippen LogP contribution < -0.4 is 5.56 Å². The fourth-order valence-electron chi connectivity index (χ4n) is 1.94. The summed E-state index contributed by atoms with van der Waals surface area (Å²) in [6, 6.07) is 9.59. The van der Waals surface area contributed by atoms with Crippen molar-refractivity contribution < 1.29 is 9.53 Å². The maximum Gasteiger partial charge on any atom is 0.335 e. The molecule has 1 heterocycles. The first-order valence-corrected chi connectivity index (χ1v) is 6.40. The number of benzene rings is 1. The molecule has 104 valence electrons. The van der Waals surface area contributed by atoms with Crippen LogP contribution >= 0.6 is 0 Å². The first-order valence-electron chi connectivity index (χ1n) is 6.40. The lowest BCUT2D eigenvalue weighted by molar-refractivity contribution is -0.146. The third-order valence-corrected chi connectivity index (χ3v) is 2.83. The van der Waals surface area contributed by atoms with Gasteiger partial charge in [-0.05, 0) is 25.0 Å². The van der Waals surface area contributed by atoms with Gasteiger partial charge in [-0.25, -0.2) is 9.48 Å². The number of nitrogens with zero attached hydrogens (tertiary/aromatic N) is 2. The van der Waals surface area contributed by atoms with Gasteiger partial charge in [-0.1, -0.05) is 30.3 Å². The van der Waals surface area contributed by atoms with Gasteiger partial charge in [0, 0.05) is 6.07 Å². The van der Waals surface area contributed by atoms with Crippen LogP contribution in [0.25, 0.3) is 0 Å². The van der Waals surface area contributed by atoms with Gasteiger partial charge in [0.1, 0.15) is 0 Å². The summed E-state index contributed by atoms with van der Waals surface area (Å²) in [5.41, 5.74) is 1.10. The highest BCUT2D eigenvalue weighted by atomic mass is 16.5. The number of aryl methyl sites for hydroxylation is 1. The molecule has 1 aromatic carbocycles. The molecule has 1 atom stereocenters. The number of carbonyl (C=O) groups excluding carboxylic acids is 1. The summed E-state index contributed by atoms with van der Waals surface area (Å²) in [5.74, 6) is -0.489. The Balaban J connectivity index is 2.52. The summed E-state index contributed by atoms with van der Waals surface area (Å²) in [5, 5.41) is 4.06. The van der Waals surface area contributed by atoms with Crippen molar-refractivity contribution >= 4 is 5.97 Å². The number of carbonyl (C=O) groups is 1. The van der Waals surface area contributed by atoms with Gasteiger partial charge >= 0.3 is 5.97 Å². The fourth-order valence-corrected chi connectivity index (χ4v) is 1.94. The van der Waals surface area contributed by atoms with Crippen LogP contribution in [0.4, 0.5) is 0 Å². The van der Waals surface area contributed by atoms with Gasteiger partial charge < -0.3 is 4.74 Å². The van der Waals surface area contributed by atoms with Crippen LogP contribution in [0.1, 0.15) is 24.1 Å². The molecular formula is C15H16N2O3. The van der Waals surface area contributed by atoms with E-state index >= 15 is 0 Å². The predicted molar refractivity (Wildman–Crippen MR) is 74.4 cm³/mol. The topological polar surface area (TPSA) is 61.2 Å². The van der Waals surface area contributed by atoms with E-state index in [1.54, 1.807) is 44.3 Å². The Hall–Kier alpha value is -2.43. The van der Waals surface area contributed by atoms with Crippen molar-refractivity contribution in [2.45, 2.75) is 19.9 Å². The Morgan fingerprint density at radius 3 is 2.65 bits per heavy atom. The molecule has 5 heteroatoms. The van der Waals surface area contributed by atoms with Gasteiger partial charge in [-0.3, -0.25) is 4.79 Å². The summed E-state index contributed by atoms with van der Waals surface area (Å²) >= 11 is 0. The van der Waals surface area contributed by atoms with E-state index in [-0.39, 0.29) is 12.2 Å². The molecule has 0 saturated carbocycles. The smallest absolute Gasteiger partial charge is 0.335 e. The predicted octanol–water partition coefficient (Wildman–Crippen LogP) is 1.70. The number of aromatic nitrogens is 2. The molecule has 0 N–H and O–H groups in total. The van der Waals surface area contributed by atoms with Gasteiger partial charge in [0.2, 0.25) is 0 Å². The van der Waals surface area contributed by atoms with Crippen molar-refractivity contribution in [3.63, 3.8) is 0 Å². The molecule has 0 spiro atoms. The number of rotatable bonds is 4. The molecule has 0 aliphatic rings. The van der Waals surface area contributed by atoms with Crippen molar-refractivity contribution in [2.75, 3.05) is 6.61 Å². The largest absolute Gasteiger partial charge is 0.464 e. The third kappa shape index (κ3) is 2.93. The van der Waals surface area contributed by atoms with Crippen LogP contribution in [0.15, 0.2) is 47.4 Å². The van der Waals surface area contributed by atoms with Crippen LogP contribution in [0, 0.1) is 6.92 Å². The van der Waals surface area contributed by atoms with Crippen LogP contribution in [0.3, 0.4) is 0 Å². The summed E-state index contributed by atoms with van der Waals surface area (Å²) in [6.07, 6.45) is 1.55. The zero-order valence-electron chi connectivity index (χ0n) is 11.4. The average molecular weight is 272 g/mol. The molecule has 0 saturated heterocycles. The van der Waals surface area contributed by atoms with Crippen molar-refractivity contribution in [3.05, 3.63) is 64.1 Å². The molecule has 0 amide bonds. The molecule has 1 unspecified atom stereocenters. The minimum atomic E-state index is -0.857. The van der Waals surface area contributed by atoms with E-state index in [1.165, 1.54) is 6.07 Å². The lowest BCUT2D eigenvalue weighted by Crippen LogP contribution is -2.33. The quantitative estimate of drug-likeness (QED) is 0.795. The van der Waals surface area contributed by atoms with Crippen molar-refractivity contribution in [3.8, 4) is 0 Å². The lowest BCUT2D eigenvalue weighted by atomic mass is 10.1. The SMILES string of the molecule is CCOC(=O)C(c1ccccc1)n1ncc(C)cc1=O. The van der Waals surface area contributed by atoms with Crippen LogP contribution in [-0.2, 0) is 9.53 Å². The fraction of sp³-hybridized carbons (Fsp3) is 0.267. The number of esters is 1. The molecular weight excluding hydrogens is 256 g/mol. The van der Waals surface area contributed by atoms with Gasteiger partial charge in [-0.2, -0.15) is 5.10 Å². The van der Waals surface area contributed by atoms with Crippen molar-refractivity contribution in [1.82, 2.24) is 9.78 Å². The van der Waals surface area contributed by atoms with Gasteiger partial charge in [-0.15, -0.1) is 0 Å². The minimum Gasteiger partial charge on any atom is -0.464 e. The van der Waals surface area contributed by atoms with Crippen LogP contribution in [0.2, 0.25) is 0 Å². The van der Waals surface area contributed by atoms with Gasteiger partial charge in [0.25, 0.3) is 5.56 Å². The Morgan fingerprint density at radius 1 is 1.35 bits per heavy atom. The molecule has 20 heavy (non-hydrogen) atoms. The molecule has 0 fully saturated rings. The van der Waals surface area contributed by atoms with Crippen LogP contribution in [0.5, 0.6) is 0 Å². The van der Waals surface area contributed by atoms with E-state index in [4.69, 9.17) is 4.74 Å². The number of hydrogen-bond donors (Lipinski definition) is 0. The van der Waals surface area contributed by atoms with E-state index in [0.717, 1.165) is 10.2 Å².